The highest BCUT2D eigenvalue weighted by molar-refractivity contribution is 6.05. The van der Waals surface area contributed by atoms with Crippen LogP contribution in [0, 0.1) is 10.1 Å². The van der Waals surface area contributed by atoms with Crippen LogP contribution in [-0.2, 0) is 18.3 Å². The van der Waals surface area contributed by atoms with Crippen molar-refractivity contribution in [3.8, 4) is 0 Å². The van der Waals surface area contributed by atoms with Crippen LogP contribution in [0.25, 0.3) is 0 Å². The molecule has 2 aromatic rings. The van der Waals surface area contributed by atoms with Crippen molar-refractivity contribution >= 4 is 17.3 Å². The minimum Gasteiger partial charge on any atom is -0.316 e. The van der Waals surface area contributed by atoms with Crippen molar-refractivity contribution in [2.24, 2.45) is 0 Å². The number of carbonyl (C=O) groups excluding carboxylic acids is 1. The maximum absolute atomic E-state index is 12.7. The molecule has 0 bridgehead atoms. The Bertz CT molecular complexity index is 864. The van der Waals surface area contributed by atoms with Crippen LogP contribution in [0.2, 0.25) is 0 Å². The van der Waals surface area contributed by atoms with Crippen LogP contribution >= 0.6 is 0 Å². The Labute approximate surface area is 159 Å². The second-order valence-electron chi connectivity index (χ2n) is 8.24. The van der Waals surface area contributed by atoms with E-state index in [-0.39, 0.29) is 22.7 Å². The molecule has 142 valence electrons. The Morgan fingerprint density at radius 2 is 1.59 bits per heavy atom. The highest BCUT2D eigenvalue weighted by Crippen LogP contribution is 2.32. The minimum absolute atomic E-state index is 0.00476. The van der Waals surface area contributed by atoms with Crippen LogP contribution in [0.3, 0.4) is 0 Å². The van der Waals surface area contributed by atoms with Crippen LogP contribution in [0.1, 0.15) is 67.1 Å². The van der Waals surface area contributed by atoms with E-state index in [9.17, 15) is 14.9 Å². The van der Waals surface area contributed by atoms with Gasteiger partial charge in [0.15, 0.2) is 0 Å². The molecule has 0 fully saturated rings. The fourth-order valence-electron chi connectivity index (χ4n) is 3.52. The summed E-state index contributed by atoms with van der Waals surface area (Å²) in [5.74, 6) is -0.327. The lowest BCUT2D eigenvalue weighted by Crippen LogP contribution is -2.15. The van der Waals surface area contributed by atoms with E-state index in [1.54, 1.807) is 24.3 Å². The number of nitro benzene ring substituents is 1. The summed E-state index contributed by atoms with van der Waals surface area (Å²) in [6, 6.07) is 10.8. The van der Waals surface area contributed by atoms with Crippen LogP contribution < -0.4 is 5.32 Å². The fourth-order valence-corrected chi connectivity index (χ4v) is 3.52. The third kappa shape index (κ3) is 4.35. The SMILES string of the molecule is CC(C)(C)c1ccc(C(=O)Nc2cc3c(cc2[N+](=O)[O-])CCCCC3)cc1. The Kier molecular flexibility index (Phi) is 5.31. The first-order chi connectivity index (χ1) is 12.8. The smallest absolute Gasteiger partial charge is 0.293 e. The van der Waals surface area contributed by atoms with Gasteiger partial charge >= 0.3 is 0 Å². The molecule has 0 spiro atoms. The van der Waals surface area contributed by atoms with Gasteiger partial charge in [-0.15, -0.1) is 0 Å². The van der Waals surface area contributed by atoms with Crippen molar-refractivity contribution in [2.75, 3.05) is 5.32 Å². The van der Waals surface area contributed by atoms with E-state index in [1.807, 2.05) is 12.1 Å². The number of nitro groups is 1. The molecule has 0 saturated heterocycles. The zero-order chi connectivity index (χ0) is 19.6. The van der Waals surface area contributed by atoms with Gasteiger partial charge in [-0.3, -0.25) is 14.9 Å². The zero-order valence-corrected chi connectivity index (χ0v) is 16.2. The molecule has 1 N–H and O–H groups in total. The molecular formula is C22H26N2O3. The molecule has 27 heavy (non-hydrogen) atoms. The summed E-state index contributed by atoms with van der Waals surface area (Å²) in [5.41, 5.74) is 4.02. The molecule has 1 aliphatic rings. The highest BCUT2D eigenvalue weighted by Gasteiger charge is 2.21. The molecule has 0 saturated carbocycles. The topological polar surface area (TPSA) is 72.2 Å². The van der Waals surface area contributed by atoms with Gasteiger partial charge in [0.1, 0.15) is 5.69 Å². The van der Waals surface area contributed by atoms with E-state index in [1.165, 1.54) is 0 Å². The third-order valence-electron chi connectivity index (χ3n) is 5.17. The second kappa shape index (κ2) is 7.51. The first kappa shape index (κ1) is 19.1. The summed E-state index contributed by atoms with van der Waals surface area (Å²) in [4.78, 5) is 23.8. The number of amides is 1. The van der Waals surface area contributed by atoms with E-state index in [4.69, 9.17) is 0 Å². The van der Waals surface area contributed by atoms with E-state index in [0.717, 1.165) is 48.8 Å². The third-order valence-corrected chi connectivity index (χ3v) is 5.17. The van der Waals surface area contributed by atoms with Gasteiger partial charge in [-0.2, -0.15) is 0 Å². The average molecular weight is 366 g/mol. The summed E-state index contributed by atoms with van der Waals surface area (Å²) in [5, 5.41) is 14.3. The lowest BCUT2D eigenvalue weighted by molar-refractivity contribution is -0.384. The molecule has 1 amide bonds. The average Bonchev–Trinajstić information content (AvgIpc) is 2.85. The Balaban J connectivity index is 1.88. The van der Waals surface area contributed by atoms with E-state index >= 15 is 0 Å². The van der Waals surface area contributed by atoms with Gasteiger partial charge in [-0.25, -0.2) is 0 Å². The number of rotatable bonds is 3. The van der Waals surface area contributed by atoms with Crippen LogP contribution in [0.5, 0.6) is 0 Å². The van der Waals surface area contributed by atoms with Crippen molar-refractivity contribution in [2.45, 2.75) is 58.3 Å². The molecule has 1 aliphatic carbocycles. The molecular weight excluding hydrogens is 340 g/mol. The van der Waals surface area contributed by atoms with Gasteiger partial charge in [-0.05, 0) is 66.0 Å². The maximum Gasteiger partial charge on any atom is 0.293 e. The Hall–Kier alpha value is -2.69. The summed E-state index contributed by atoms with van der Waals surface area (Å²) in [6.45, 7) is 6.34. The van der Waals surface area contributed by atoms with Gasteiger partial charge in [0, 0.05) is 11.6 Å². The number of nitrogens with zero attached hydrogens (tertiary/aromatic N) is 1. The summed E-state index contributed by atoms with van der Waals surface area (Å²) in [7, 11) is 0. The lowest BCUT2D eigenvalue weighted by atomic mass is 9.86. The molecule has 0 atom stereocenters. The van der Waals surface area contributed by atoms with Gasteiger partial charge in [0.05, 0.1) is 4.92 Å². The highest BCUT2D eigenvalue weighted by atomic mass is 16.6. The second-order valence-corrected chi connectivity index (χ2v) is 8.24. The van der Waals surface area contributed by atoms with Gasteiger partial charge in [0.2, 0.25) is 0 Å². The molecule has 0 radical (unpaired) electrons. The molecule has 5 heteroatoms. The van der Waals surface area contributed by atoms with E-state index < -0.39 is 4.92 Å². The lowest BCUT2D eigenvalue weighted by Gasteiger charge is -2.19. The van der Waals surface area contributed by atoms with Crippen molar-refractivity contribution in [1.82, 2.24) is 0 Å². The number of fused-ring (bicyclic) bond motifs is 1. The number of carbonyl (C=O) groups is 1. The first-order valence-electron chi connectivity index (χ1n) is 9.48. The van der Waals surface area contributed by atoms with E-state index in [0.29, 0.717) is 5.56 Å². The van der Waals surface area contributed by atoms with Crippen molar-refractivity contribution < 1.29 is 9.72 Å². The number of aryl methyl sites for hydroxylation is 2. The monoisotopic (exact) mass is 366 g/mol. The first-order valence-corrected chi connectivity index (χ1v) is 9.48. The predicted molar refractivity (Wildman–Crippen MR) is 107 cm³/mol. The number of anilines is 1. The maximum atomic E-state index is 12.7. The summed E-state index contributed by atoms with van der Waals surface area (Å²) >= 11 is 0. The standard InChI is InChI=1S/C22H26N2O3/c1-22(2,3)18-11-9-15(10-12-18)21(25)23-19-13-16-7-5-4-6-8-17(16)14-20(19)24(26)27/h9-14H,4-8H2,1-3H3,(H,23,25). The quantitative estimate of drug-likeness (QED) is 0.448. The van der Waals surface area contributed by atoms with Crippen LogP contribution in [-0.4, -0.2) is 10.8 Å². The molecule has 0 aromatic heterocycles. The largest absolute Gasteiger partial charge is 0.316 e. The molecule has 3 rings (SSSR count). The molecule has 0 heterocycles. The number of nitrogens with one attached hydrogen (secondary N) is 1. The van der Waals surface area contributed by atoms with E-state index in [2.05, 4.69) is 26.1 Å². The van der Waals surface area contributed by atoms with Crippen LogP contribution in [0.4, 0.5) is 11.4 Å². The molecule has 5 nitrogen and oxygen atoms in total. The minimum atomic E-state index is -0.413. The number of benzene rings is 2. The Morgan fingerprint density at radius 3 is 2.15 bits per heavy atom. The van der Waals surface area contributed by atoms with Crippen molar-refractivity contribution in [3.05, 3.63) is 68.8 Å². The van der Waals surface area contributed by atoms with Crippen molar-refractivity contribution in [1.29, 1.82) is 0 Å². The zero-order valence-electron chi connectivity index (χ0n) is 16.2. The molecule has 0 unspecified atom stereocenters. The fraction of sp³-hybridized carbons (Fsp3) is 0.409. The normalized spacial score (nSPS) is 14.2. The van der Waals surface area contributed by atoms with Crippen LogP contribution in [0.15, 0.2) is 36.4 Å². The summed E-state index contributed by atoms with van der Waals surface area (Å²) in [6.07, 6.45) is 5.02. The number of hydrogen-bond donors (Lipinski definition) is 1. The molecule has 2 aromatic carbocycles. The number of hydrogen-bond acceptors (Lipinski definition) is 3. The van der Waals surface area contributed by atoms with Crippen molar-refractivity contribution in [3.63, 3.8) is 0 Å². The summed E-state index contributed by atoms with van der Waals surface area (Å²) < 4.78 is 0. The Morgan fingerprint density at radius 1 is 1.00 bits per heavy atom. The van der Waals surface area contributed by atoms with Gasteiger partial charge in [0.25, 0.3) is 11.6 Å². The molecule has 0 aliphatic heterocycles. The predicted octanol–water partition coefficient (Wildman–Crippen LogP) is 5.41. The van der Waals surface area contributed by atoms with Gasteiger partial charge < -0.3 is 5.32 Å². The van der Waals surface area contributed by atoms with Gasteiger partial charge in [-0.1, -0.05) is 39.3 Å².